The fourth-order valence-electron chi connectivity index (χ4n) is 3.01. The number of aryl methyl sites for hydroxylation is 1. The minimum atomic E-state index is 0. The normalized spacial score (nSPS) is 15.2. The van der Waals surface area contributed by atoms with E-state index in [1.807, 2.05) is 13.0 Å². The molecule has 8 nitrogen and oxygen atoms in total. The first-order valence-corrected chi connectivity index (χ1v) is 10.2. The predicted octanol–water partition coefficient (Wildman–Crippen LogP) is 1.39. The Kier molecular flexibility index (Phi) is 9.85. The second-order valence-corrected chi connectivity index (χ2v) is 7.47. The first-order valence-electron chi connectivity index (χ1n) is 9.34. The first kappa shape index (κ1) is 22.8. The Bertz CT molecular complexity index is 715. The average Bonchev–Trinajstić information content (AvgIpc) is 3.13. The molecule has 10 heteroatoms. The number of piperazine rings is 1. The molecule has 0 unspecified atom stereocenters. The van der Waals surface area contributed by atoms with Crippen LogP contribution in [-0.2, 0) is 6.42 Å². The fourth-order valence-corrected chi connectivity index (χ4v) is 3.66. The molecule has 0 aliphatic carbocycles. The Morgan fingerprint density at radius 2 is 1.86 bits per heavy atom. The highest BCUT2D eigenvalue weighted by Gasteiger charge is 2.18. The summed E-state index contributed by atoms with van der Waals surface area (Å²) < 4.78 is 0. The zero-order valence-corrected chi connectivity index (χ0v) is 19.6. The van der Waals surface area contributed by atoms with E-state index in [4.69, 9.17) is 0 Å². The summed E-state index contributed by atoms with van der Waals surface area (Å²) in [5.74, 6) is 1.67. The summed E-state index contributed by atoms with van der Waals surface area (Å²) in [6.07, 6.45) is 4.51. The number of rotatable bonds is 7. The molecule has 0 atom stereocenters. The van der Waals surface area contributed by atoms with Gasteiger partial charge in [-0.15, -0.1) is 35.3 Å². The van der Waals surface area contributed by atoms with E-state index in [1.165, 1.54) is 0 Å². The van der Waals surface area contributed by atoms with Crippen molar-refractivity contribution in [2.75, 3.05) is 57.8 Å². The second-order valence-electron chi connectivity index (χ2n) is 6.41. The summed E-state index contributed by atoms with van der Waals surface area (Å²) in [5, 5.41) is 9.98. The summed E-state index contributed by atoms with van der Waals surface area (Å²) in [6.45, 7) is 8.71. The summed E-state index contributed by atoms with van der Waals surface area (Å²) in [7, 11) is 1.81. The van der Waals surface area contributed by atoms with Gasteiger partial charge in [-0.25, -0.2) is 15.0 Å². The van der Waals surface area contributed by atoms with Crippen LogP contribution >= 0.6 is 35.3 Å². The van der Waals surface area contributed by atoms with Crippen molar-refractivity contribution < 1.29 is 0 Å². The van der Waals surface area contributed by atoms with Crippen molar-refractivity contribution >= 4 is 47.2 Å². The number of thiazole rings is 1. The molecule has 0 amide bonds. The van der Waals surface area contributed by atoms with Crippen LogP contribution in [0.2, 0.25) is 0 Å². The molecular weight excluding hydrogens is 487 g/mol. The molecule has 0 aromatic carbocycles. The predicted molar refractivity (Wildman–Crippen MR) is 126 cm³/mol. The quantitative estimate of drug-likeness (QED) is 0.327. The van der Waals surface area contributed by atoms with Crippen LogP contribution in [0.3, 0.4) is 0 Å². The largest absolute Gasteiger partial charge is 0.356 e. The summed E-state index contributed by atoms with van der Waals surface area (Å²) in [6, 6.07) is 1.85. The Morgan fingerprint density at radius 3 is 2.50 bits per heavy atom. The maximum atomic E-state index is 4.48. The van der Waals surface area contributed by atoms with Gasteiger partial charge >= 0.3 is 0 Å². The Morgan fingerprint density at radius 1 is 1.14 bits per heavy atom. The third-order valence-electron chi connectivity index (χ3n) is 4.49. The van der Waals surface area contributed by atoms with Crippen LogP contribution in [0.5, 0.6) is 0 Å². The molecule has 1 fully saturated rings. The van der Waals surface area contributed by atoms with Crippen molar-refractivity contribution in [2.24, 2.45) is 4.99 Å². The molecular formula is C18H29IN8S. The highest BCUT2D eigenvalue weighted by molar-refractivity contribution is 14.0. The van der Waals surface area contributed by atoms with Crippen LogP contribution in [0.4, 0.5) is 5.95 Å². The van der Waals surface area contributed by atoms with Gasteiger partial charge in [0.1, 0.15) is 0 Å². The monoisotopic (exact) mass is 516 g/mol. The lowest BCUT2D eigenvalue weighted by atomic mass is 10.3. The topological polar surface area (TPSA) is 81.6 Å². The van der Waals surface area contributed by atoms with E-state index in [2.05, 4.69) is 45.8 Å². The minimum absolute atomic E-state index is 0. The Hall–Kier alpha value is -1.53. The molecule has 0 radical (unpaired) electrons. The maximum Gasteiger partial charge on any atom is 0.225 e. The lowest BCUT2D eigenvalue weighted by Crippen LogP contribution is -2.49. The maximum absolute atomic E-state index is 4.48. The molecule has 1 aliphatic heterocycles. The van der Waals surface area contributed by atoms with Gasteiger partial charge in [0.05, 0.1) is 10.7 Å². The van der Waals surface area contributed by atoms with Crippen molar-refractivity contribution in [3.8, 4) is 0 Å². The number of hydrogen-bond donors (Lipinski definition) is 2. The van der Waals surface area contributed by atoms with Crippen molar-refractivity contribution in [3.05, 3.63) is 34.5 Å². The molecule has 2 aromatic heterocycles. The van der Waals surface area contributed by atoms with Crippen molar-refractivity contribution in [2.45, 2.75) is 13.3 Å². The van der Waals surface area contributed by atoms with E-state index in [1.54, 1.807) is 30.8 Å². The Labute approximate surface area is 187 Å². The third kappa shape index (κ3) is 7.13. The molecule has 28 heavy (non-hydrogen) atoms. The van der Waals surface area contributed by atoms with Gasteiger partial charge in [-0.05, 0) is 13.0 Å². The number of halogens is 1. The number of nitrogens with one attached hydrogen (secondary N) is 2. The van der Waals surface area contributed by atoms with Crippen LogP contribution < -0.4 is 15.5 Å². The van der Waals surface area contributed by atoms with Crippen molar-refractivity contribution in [1.82, 2.24) is 30.5 Å². The standard InChI is InChI=1S/C18H28N8S.HI/c1-15-24-16(14-27-15)4-7-20-17(19-2)21-8-9-25-10-12-26(13-11-25)18-22-5-3-6-23-18;/h3,5-6,14H,4,7-13H2,1-2H3,(H2,19,20,21);1H. The molecule has 3 rings (SSSR count). The van der Waals surface area contributed by atoms with E-state index in [9.17, 15) is 0 Å². The molecule has 1 aliphatic rings. The summed E-state index contributed by atoms with van der Waals surface area (Å²) in [5.41, 5.74) is 1.14. The number of nitrogens with zero attached hydrogens (tertiary/aromatic N) is 6. The lowest BCUT2D eigenvalue weighted by molar-refractivity contribution is 0.260. The van der Waals surface area contributed by atoms with Crippen molar-refractivity contribution in [3.63, 3.8) is 0 Å². The van der Waals surface area contributed by atoms with Gasteiger partial charge in [0.25, 0.3) is 0 Å². The Balaban J connectivity index is 0.00000280. The summed E-state index contributed by atoms with van der Waals surface area (Å²) >= 11 is 1.70. The number of guanidine groups is 1. The smallest absolute Gasteiger partial charge is 0.225 e. The van der Waals surface area contributed by atoms with Crippen molar-refractivity contribution in [1.29, 1.82) is 0 Å². The molecule has 0 bridgehead atoms. The van der Waals surface area contributed by atoms with E-state index in [-0.39, 0.29) is 24.0 Å². The second kappa shape index (κ2) is 12.1. The minimum Gasteiger partial charge on any atom is -0.356 e. The SMILES string of the molecule is CN=C(NCCc1csc(C)n1)NCCN1CCN(c2ncccn2)CC1.I. The van der Waals surface area contributed by atoms with Crippen LogP contribution in [0.1, 0.15) is 10.7 Å². The number of anilines is 1. The van der Waals surface area contributed by atoms with Gasteiger partial charge in [0.15, 0.2) is 5.96 Å². The molecule has 0 saturated carbocycles. The summed E-state index contributed by atoms with van der Waals surface area (Å²) in [4.78, 5) is 22.1. The zero-order valence-electron chi connectivity index (χ0n) is 16.5. The number of aromatic nitrogens is 3. The number of aliphatic imine (C=N–C) groups is 1. The average molecular weight is 516 g/mol. The zero-order chi connectivity index (χ0) is 18.9. The van der Waals surface area contributed by atoms with Gasteiger partial charge < -0.3 is 15.5 Å². The van der Waals surface area contributed by atoms with E-state index in [0.717, 1.165) is 74.8 Å². The van der Waals surface area contributed by atoms with Crippen LogP contribution in [-0.4, -0.2) is 78.7 Å². The molecule has 3 heterocycles. The third-order valence-corrected chi connectivity index (χ3v) is 5.31. The highest BCUT2D eigenvalue weighted by Crippen LogP contribution is 2.09. The molecule has 2 N–H and O–H groups in total. The highest BCUT2D eigenvalue weighted by atomic mass is 127. The fraction of sp³-hybridized carbons (Fsp3) is 0.556. The van der Waals surface area contributed by atoms with E-state index >= 15 is 0 Å². The molecule has 2 aromatic rings. The molecule has 0 spiro atoms. The van der Waals surface area contributed by atoms with Gasteiger partial charge in [-0.2, -0.15) is 0 Å². The van der Waals surface area contributed by atoms with E-state index in [0.29, 0.717) is 0 Å². The van der Waals surface area contributed by atoms with Crippen LogP contribution in [0, 0.1) is 6.92 Å². The first-order chi connectivity index (χ1) is 13.2. The van der Waals surface area contributed by atoms with Crippen LogP contribution in [0.25, 0.3) is 0 Å². The van der Waals surface area contributed by atoms with Gasteiger partial charge in [0, 0.05) is 77.1 Å². The van der Waals surface area contributed by atoms with E-state index < -0.39 is 0 Å². The van der Waals surface area contributed by atoms with Gasteiger partial charge in [-0.3, -0.25) is 9.89 Å². The van der Waals surface area contributed by atoms with Crippen LogP contribution in [0.15, 0.2) is 28.8 Å². The van der Waals surface area contributed by atoms with Gasteiger partial charge in [-0.1, -0.05) is 0 Å². The lowest BCUT2D eigenvalue weighted by Gasteiger charge is -2.34. The molecule has 1 saturated heterocycles. The molecule has 154 valence electrons. The number of hydrogen-bond acceptors (Lipinski definition) is 7. The van der Waals surface area contributed by atoms with Gasteiger partial charge in [0.2, 0.25) is 5.95 Å².